The molecule has 2 saturated heterocycles. The monoisotopic (exact) mass is 569 g/mol. The minimum atomic E-state index is -1.04. The van der Waals surface area contributed by atoms with Crippen molar-refractivity contribution >= 4 is 33.7 Å². The Bertz CT molecular complexity index is 1710. The Balaban J connectivity index is 1.41. The number of aromatic amines is 1. The number of piperazine rings is 1. The molecule has 4 aromatic rings. The molecule has 2 atom stereocenters. The quantitative estimate of drug-likeness (QED) is 0.331. The smallest absolute Gasteiger partial charge is 0.320 e. The first-order chi connectivity index (χ1) is 20.3. The molecule has 1 amide bonds. The Morgan fingerprint density at radius 2 is 2.02 bits per heavy atom. The maximum Gasteiger partial charge on any atom is 0.320 e. The summed E-state index contributed by atoms with van der Waals surface area (Å²) in [5.74, 6) is -1.23. The van der Waals surface area contributed by atoms with Gasteiger partial charge in [-0.15, -0.1) is 0 Å². The molecule has 1 N–H and O–H groups in total. The van der Waals surface area contributed by atoms with E-state index < -0.39 is 17.8 Å². The first-order valence-corrected chi connectivity index (χ1v) is 14.1. The molecule has 3 aromatic heterocycles. The number of fused-ring (bicyclic) bond motifs is 2. The van der Waals surface area contributed by atoms with Gasteiger partial charge in [-0.2, -0.15) is 20.3 Å². The van der Waals surface area contributed by atoms with Crippen LogP contribution in [0.25, 0.3) is 33.2 Å². The number of hydrogen-bond donors (Lipinski definition) is 1. The number of anilines is 1. The van der Waals surface area contributed by atoms with E-state index >= 15 is 0 Å². The minimum absolute atomic E-state index is 0.0479. The number of hydrogen-bond acceptors (Lipinski definition) is 9. The van der Waals surface area contributed by atoms with Crippen LogP contribution in [0.3, 0.4) is 0 Å². The second kappa shape index (κ2) is 11.3. The third-order valence-corrected chi connectivity index (χ3v) is 8.29. The van der Waals surface area contributed by atoms with Crippen LogP contribution in [0.1, 0.15) is 24.8 Å². The Hall–Kier alpha value is -4.63. The van der Waals surface area contributed by atoms with E-state index in [1.807, 2.05) is 36.1 Å². The average molecular weight is 570 g/mol. The molecule has 6 rings (SSSR count). The summed E-state index contributed by atoms with van der Waals surface area (Å²) in [6.45, 7) is 7.56. The van der Waals surface area contributed by atoms with Gasteiger partial charge >= 0.3 is 6.01 Å². The summed E-state index contributed by atoms with van der Waals surface area (Å²) >= 11 is 0. The van der Waals surface area contributed by atoms with Crippen LogP contribution >= 0.6 is 0 Å². The van der Waals surface area contributed by atoms with Gasteiger partial charge in [0, 0.05) is 36.6 Å². The Kier molecular flexibility index (Phi) is 7.43. The molecule has 2 fully saturated rings. The van der Waals surface area contributed by atoms with Gasteiger partial charge in [0.2, 0.25) is 0 Å². The molecule has 12 heteroatoms. The molecule has 0 saturated carbocycles. The number of carbonyl (C=O) groups excluding carboxylic acids is 1. The van der Waals surface area contributed by atoms with Crippen LogP contribution in [-0.2, 0) is 4.79 Å². The number of pyridine rings is 1. The van der Waals surface area contributed by atoms with E-state index in [2.05, 4.69) is 34.8 Å². The second-order valence-corrected chi connectivity index (χ2v) is 10.9. The summed E-state index contributed by atoms with van der Waals surface area (Å²) in [6, 6.07) is 10.00. The lowest BCUT2D eigenvalue weighted by Gasteiger charge is -2.41. The molecule has 0 aliphatic carbocycles. The van der Waals surface area contributed by atoms with Gasteiger partial charge in [-0.25, -0.2) is 9.37 Å². The van der Waals surface area contributed by atoms with Crippen molar-refractivity contribution in [2.24, 2.45) is 0 Å². The summed E-state index contributed by atoms with van der Waals surface area (Å²) in [5.41, 5.74) is 4.15. The number of rotatable bonds is 7. The zero-order valence-corrected chi connectivity index (χ0v) is 23.7. The molecule has 42 heavy (non-hydrogen) atoms. The summed E-state index contributed by atoms with van der Waals surface area (Å²) < 4.78 is 19.9. The summed E-state index contributed by atoms with van der Waals surface area (Å²) in [6.07, 6.45) is 4.00. The van der Waals surface area contributed by atoms with Crippen molar-refractivity contribution in [1.29, 1.82) is 5.26 Å². The first kappa shape index (κ1) is 27.5. The summed E-state index contributed by atoms with van der Waals surface area (Å²) in [5, 5.41) is 18.4. The molecule has 0 bridgehead atoms. The lowest BCUT2D eigenvalue weighted by atomic mass is 10.0. The van der Waals surface area contributed by atoms with Crippen molar-refractivity contribution in [3.63, 3.8) is 0 Å². The molecule has 11 nitrogen and oxygen atoms in total. The molecule has 216 valence electrons. The van der Waals surface area contributed by atoms with Gasteiger partial charge < -0.3 is 19.4 Å². The van der Waals surface area contributed by atoms with Crippen LogP contribution in [0.15, 0.2) is 42.9 Å². The van der Waals surface area contributed by atoms with Gasteiger partial charge in [0.1, 0.15) is 12.4 Å². The van der Waals surface area contributed by atoms with Crippen LogP contribution < -0.4 is 9.64 Å². The third-order valence-electron chi connectivity index (χ3n) is 8.29. The molecule has 2 aliphatic rings. The highest BCUT2D eigenvalue weighted by atomic mass is 19.1. The number of nitrogens with one attached hydrogen (secondary N) is 1. The number of likely N-dealkylation sites (tertiary alicyclic amines) is 1. The zero-order chi connectivity index (χ0) is 29.4. The number of nitrogens with zero attached hydrogens (tertiary/aromatic N) is 8. The van der Waals surface area contributed by atoms with E-state index in [9.17, 15) is 14.4 Å². The number of aryl methyl sites for hydroxylation is 1. The van der Waals surface area contributed by atoms with E-state index in [-0.39, 0.29) is 25.0 Å². The van der Waals surface area contributed by atoms with Crippen molar-refractivity contribution in [1.82, 2.24) is 34.9 Å². The molecular weight excluding hydrogens is 537 g/mol. The van der Waals surface area contributed by atoms with Gasteiger partial charge in [0.05, 0.1) is 41.3 Å². The Labute approximate surface area is 242 Å². The molecule has 0 unspecified atom stereocenters. The fourth-order valence-corrected chi connectivity index (χ4v) is 6.00. The number of likely N-dealkylation sites (N-methyl/N-ethyl adjacent to an activating group) is 1. The number of halogens is 1. The van der Waals surface area contributed by atoms with Crippen LogP contribution in [0, 0.1) is 18.3 Å². The number of carbonyl (C=O) groups is 1. The van der Waals surface area contributed by atoms with Crippen molar-refractivity contribution in [3.05, 3.63) is 48.4 Å². The number of aromatic nitrogens is 5. The predicted molar refractivity (Wildman–Crippen MR) is 156 cm³/mol. The molecule has 0 spiro atoms. The van der Waals surface area contributed by atoms with Crippen LogP contribution in [0.2, 0.25) is 0 Å². The topological polar surface area (TPSA) is 127 Å². The van der Waals surface area contributed by atoms with E-state index in [1.54, 1.807) is 6.20 Å². The molecular formula is C30H32FN9O2. The third kappa shape index (κ3) is 5.12. The van der Waals surface area contributed by atoms with E-state index in [0.29, 0.717) is 36.5 Å². The summed E-state index contributed by atoms with van der Waals surface area (Å²) in [7, 11) is 2.09. The van der Waals surface area contributed by atoms with Gasteiger partial charge in [-0.1, -0.05) is 12.6 Å². The number of nitriles is 1. The fraction of sp³-hybridized carbons (Fsp3) is 0.400. The van der Waals surface area contributed by atoms with Crippen molar-refractivity contribution in [2.75, 3.05) is 44.7 Å². The predicted octanol–water partition coefficient (Wildman–Crippen LogP) is 3.76. The maximum atomic E-state index is 13.8. The SMILES string of the molecule is C=C(F)C(=O)N1CCN(c2nc(OC[C@@H]3CCCN3C)nc3nc(-c4c(C)ccc5[nH]ncc45)ccc23)C[C@@H]1CC#N. The highest BCUT2D eigenvalue weighted by Gasteiger charge is 2.33. The number of amides is 1. The van der Waals surface area contributed by atoms with E-state index in [4.69, 9.17) is 19.7 Å². The van der Waals surface area contributed by atoms with Gasteiger partial charge in [-0.05, 0) is 57.1 Å². The first-order valence-electron chi connectivity index (χ1n) is 14.1. The molecule has 5 heterocycles. The minimum Gasteiger partial charge on any atom is -0.462 e. The van der Waals surface area contributed by atoms with Crippen LogP contribution in [-0.4, -0.2) is 92.8 Å². The van der Waals surface area contributed by atoms with Gasteiger partial charge in [-0.3, -0.25) is 9.89 Å². The fourth-order valence-electron chi connectivity index (χ4n) is 6.00. The average Bonchev–Trinajstić information content (AvgIpc) is 3.63. The lowest BCUT2D eigenvalue weighted by Crippen LogP contribution is -2.55. The standard InChI is InChI=1S/C30H32FN9O2/c1-18-6-8-24-23(15-33-37-24)26(18)25-9-7-22-27(34-25)35-30(42-17-21-5-4-12-38(21)3)36-28(22)39-13-14-40(29(41)19(2)31)20(16-39)10-11-32/h6-9,15,20-21H,2,4-5,10,12-14,16-17H2,1,3H3,(H,33,37)/t20-,21-/m0/s1. The normalized spacial score (nSPS) is 19.4. The largest absolute Gasteiger partial charge is 0.462 e. The van der Waals surface area contributed by atoms with Crippen LogP contribution in [0.5, 0.6) is 6.01 Å². The highest BCUT2D eigenvalue weighted by molar-refractivity contribution is 5.97. The molecule has 2 aliphatic heterocycles. The highest BCUT2D eigenvalue weighted by Crippen LogP contribution is 2.34. The van der Waals surface area contributed by atoms with E-state index in [1.165, 1.54) is 4.90 Å². The van der Waals surface area contributed by atoms with Gasteiger partial charge in [0.15, 0.2) is 11.5 Å². The van der Waals surface area contributed by atoms with Crippen molar-refractivity contribution in [3.8, 4) is 23.3 Å². The molecule has 1 aromatic carbocycles. The van der Waals surface area contributed by atoms with Crippen molar-refractivity contribution in [2.45, 2.75) is 38.3 Å². The Morgan fingerprint density at radius 1 is 1.17 bits per heavy atom. The van der Waals surface area contributed by atoms with Gasteiger partial charge in [0.25, 0.3) is 5.91 Å². The number of ether oxygens (including phenoxy) is 1. The van der Waals surface area contributed by atoms with Crippen molar-refractivity contribution < 1.29 is 13.9 Å². The Morgan fingerprint density at radius 3 is 2.79 bits per heavy atom. The summed E-state index contributed by atoms with van der Waals surface area (Å²) in [4.78, 5) is 32.6. The zero-order valence-electron chi connectivity index (χ0n) is 23.7. The van der Waals surface area contributed by atoms with E-state index in [0.717, 1.165) is 47.1 Å². The second-order valence-electron chi connectivity index (χ2n) is 10.9. The molecule has 0 radical (unpaired) electrons. The van der Waals surface area contributed by atoms with Crippen LogP contribution in [0.4, 0.5) is 10.2 Å². The number of H-pyrrole nitrogens is 1. The number of benzene rings is 1. The maximum absolute atomic E-state index is 13.8. The lowest BCUT2D eigenvalue weighted by molar-refractivity contribution is -0.131.